The minimum atomic E-state index is -0.898. The summed E-state index contributed by atoms with van der Waals surface area (Å²) < 4.78 is 0. The van der Waals surface area contributed by atoms with Gasteiger partial charge in [-0.25, -0.2) is 4.79 Å². The lowest BCUT2D eigenvalue weighted by atomic mass is 9.88. The van der Waals surface area contributed by atoms with Gasteiger partial charge in [0, 0.05) is 5.92 Å². The van der Waals surface area contributed by atoms with Crippen molar-refractivity contribution in [2.24, 2.45) is 17.8 Å². The van der Waals surface area contributed by atoms with Crippen molar-refractivity contribution in [3.8, 4) is 0 Å². The van der Waals surface area contributed by atoms with Crippen LogP contribution in [0.5, 0.6) is 0 Å². The summed E-state index contributed by atoms with van der Waals surface area (Å²) in [5.74, 6) is -0.0545. The summed E-state index contributed by atoms with van der Waals surface area (Å²) in [7, 11) is 0. The van der Waals surface area contributed by atoms with E-state index in [9.17, 15) is 15.0 Å². The van der Waals surface area contributed by atoms with Gasteiger partial charge in [0.2, 0.25) is 0 Å². The number of unbranched alkanes of at least 4 members (excludes halogenated alkanes) is 2. The minimum absolute atomic E-state index is 0.0879. The highest BCUT2D eigenvalue weighted by Crippen LogP contribution is 2.47. The number of carbonyl (C=O) groups is 1. The third-order valence-electron chi connectivity index (χ3n) is 6.21. The summed E-state index contributed by atoms with van der Waals surface area (Å²) in [6.45, 7) is 2.15. The Hall–Kier alpha value is -1.91. The number of aliphatic hydroxyl groups is 2. The molecule has 1 aromatic carbocycles. The number of rotatable bonds is 9. The molecule has 152 valence electrons. The Kier molecular flexibility index (Phi) is 7.08. The van der Waals surface area contributed by atoms with E-state index in [0.717, 1.165) is 50.5 Å². The first kappa shape index (κ1) is 20.8. The predicted octanol–water partition coefficient (Wildman–Crippen LogP) is 4.37. The lowest BCUT2D eigenvalue weighted by Gasteiger charge is -2.19. The number of aromatic carboxylic acids is 1. The van der Waals surface area contributed by atoms with Crippen LogP contribution in [0, 0.1) is 17.8 Å². The number of carboxylic acids is 1. The molecule has 5 atom stereocenters. The molecule has 0 heterocycles. The van der Waals surface area contributed by atoms with Gasteiger partial charge in [0.15, 0.2) is 0 Å². The zero-order chi connectivity index (χ0) is 20.1. The standard InChI is InChI=1S/C24H32O4/c1-2-3-4-8-20(25)9-10-21-22-14-17(13-19(22)15-23(21)26)11-16-6-5-7-18(12-16)24(27)28/h5-7,9-10,12-13,19-23,25-26H,2-4,8,11,14-15H2,1H3,(H,27,28)/t19-,20-,21-,22-,23+/m0/s1. The Bertz CT molecular complexity index is 736. The van der Waals surface area contributed by atoms with Gasteiger partial charge >= 0.3 is 5.97 Å². The fraction of sp³-hybridized carbons (Fsp3) is 0.542. The molecule has 3 N–H and O–H groups in total. The van der Waals surface area contributed by atoms with E-state index < -0.39 is 12.1 Å². The van der Waals surface area contributed by atoms with Crippen molar-refractivity contribution >= 4 is 5.97 Å². The van der Waals surface area contributed by atoms with E-state index in [0.29, 0.717) is 17.4 Å². The van der Waals surface area contributed by atoms with Crippen molar-refractivity contribution in [1.29, 1.82) is 0 Å². The Balaban J connectivity index is 1.59. The molecular formula is C24H32O4. The smallest absolute Gasteiger partial charge is 0.335 e. The van der Waals surface area contributed by atoms with Gasteiger partial charge in [0.25, 0.3) is 0 Å². The first-order valence-electron chi connectivity index (χ1n) is 10.5. The van der Waals surface area contributed by atoms with E-state index in [-0.39, 0.29) is 12.0 Å². The quantitative estimate of drug-likeness (QED) is 0.436. The van der Waals surface area contributed by atoms with Crippen LogP contribution in [-0.2, 0) is 6.42 Å². The summed E-state index contributed by atoms with van der Waals surface area (Å²) in [6, 6.07) is 7.13. The van der Waals surface area contributed by atoms with Crippen molar-refractivity contribution in [1.82, 2.24) is 0 Å². The van der Waals surface area contributed by atoms with E-state index in [4.69, 9.17) is 5.11 Å². The van der Waals surface area contributed by atoms with E-state index >= 15 is 0 Å². The monoisotopic (exact) mass is 384 g/mol. The first-order valence-corrected chi connectivity index (χ1v) is 10.5. The molecule has 1 saturated carbocycles. The number of fused-ring (bicyclic) bond motifs is 1. The molecule has 0 amide bonds. The maximum Gasteiger partial charge on any atom is 0.335 e. The van der Waals surface area contributed by atoms with Crippen LogP contribution in [0.1, 0.15) is 61.4 Å². The van der Waals surface area contributed by atoms with Crippen molar-refractivity contribution < 1.29 is 20.1 Å². The highest BCUT2D eigenvalue weighted by Gasteiger charge is 2.43. The largest absolute Gasteiger partial charge is 0.478 e. The number of carboxylic acid groups (broad SMARTS) is 1. The second kappa shape index (κ2) is 9.53. The lowest BCUT2D eigenvalue weighted by molar-refractivity contribution is 0.0696. The third kappa shape index (κ3) is 5.12. The van der Waals surface area contributed by atoms with Crippen molar-refractivity contribution in [2.75, 3.05) is 0 Å². The van der Waals surface area contributed by atoms with Gasteiger partial charge in [-0.15, -0.1) is 0 Å². The topological polar surface area (TPSA) is 77.8 Å². The number of allylic oxidation sites excluding steroid dienone is 2. The van der Waals surface area contributed by atoms with Crippen molar-refractivity contribution in [3.63, 3.8) is 0 Å². The van der Waals surface area contributed by atoms with Crippen LogP contribution in [0.4, 0.5) is 0 Å². The van der Waals surface area contributed by atoms with Gasteiger partial charge in [-0.3, -0.25) is 0 Å². The molecule has 0 unspecified atom stereocenters. The molecule has 0 radical (unpaired) electrons. The van der Waals surface area contributed by atoms with Gasteiger partial charge in [0.05, 0.1) is 17.8 Å². The van der Waals surface area contributed by atoms with Crippen LogP contribution < -0.4 is 0 Å². The first-order chi connectivity index (χ1) is 13.5. The molecule has 3 rings (SSSR count). The van der Waals surface area contributed by atoms with Crippen LogP contribution >= 0.6 is 0 Å². The molecule has 2 aliphatic rings. The molecule has 0 bridgehead atoms. The average Bonchev–Trinajstić information content (AvgIpc) is 3.16. The van der Waals surface area contributed by atoms with Gasteiger partial charge in [-0.2, -0.15) is 0 Å². The Morgan fingerprint density at radius 3 is 2.89 bits per heavy atom. The molecule has 28 heavy (non-hydrogen) atoms. The Morgan fingerprint density at radius 2 is 2.14 bits per heavy atom. The molecule has 0 saturated heterocycles. The fourth-order valence-corrected chi connectivity index (χ4v) is 4.77. The summed E-state index contributed by atoms with van der Waals surface area (Å²) in [5, 5.41) is 29.8. The second-order valence-electron chi connectivity index (χ2n) is 8.37. The highest BCUT2D eigenvalue weighted by molar-refractivity contribution is 5.87. The zero-order valence-electron chi connectivity index (χ0n) is 16.6. The number of hydrogen-bond acceptors (Lipinski definition) is 3. The Labute approximate surface area is 167 Å². The molecule has 0 aromatic heterocycles. The summed E-state index contributed by atoms with van der Waals surface area (Å²) in [4.78, 5) is 11.2. The summed E-state index contributed by atoms with van der Waals surface area (Å²) in [5.41, 5.74) is 2.67. The van der Waals surface area contributed by atoms with Crippen molar-refractivity contribution in [3.05, 3.63) is 59.2 Å². The van der Waals surface area contributed by atoms with Gasteiger partial charge in [-0.05, 0) is 55.2 Å². The SMILES string of the molecule is CCCCC[C@H](O)C=C[C@H]1[C@H]2CC(Cc3cccc(C(=O)O)c3)=C[C@H]2C[C@H]1O. The number of aliphatic hydroxyl groups excluding tert-OH is 2. The molecule has 4 nitrogen and oxygen atoms in total. The van der Waals surface area contributed by atoms with Crippen molar-refractivity contribution in [2.45, 2.75) is 64.1 Å². The van der Waals surface area contributed by atoms with Gasteiger partial charge in [-0.1, -0.05) is 62.1 Å². The molecule has 4 heteroatoms. The summed E-state index contributed by atoms with van der Waals surface area (Å²) in [6.07, 6.45) is 12.0. The molecule has 2 aliphatic carbocycles. The summed E-state index contributed by atoms with van der Waals surface area (Å²) >= 11 is 0. The molecule has 0 spiro atoms. The fourth-order valence-electron chi connectivity index (χ4n) is 4.77. The third-order valence-corrected chi connectivity index (χ3v) is 6.21. The maximum atomic E-state index is 11.2. The van der Waals surface area contributed by atoms with E-state index in [1.165, 1.54) is 5.57 Å². The van der Waals surface area contributed by atoms with Crippen LogP contribution in [0.15, 0.2) is 48.1 Å². The minimum Gasteiger partial charge on any atom is -0.478 e. The van der Waals surface area contributed by atoms with E-state index in [1.54, 1.807) is 18.2 Å². The maximum absolute atomic E-state index is 11.2. The van der Waals surface area contributed by atoms with Gasteiger partial charge in [0.1, 0.15) is 0 Å². The molecule has 0 aliphatic heterocycles. The van der Waals surface area contributed by atoms with E-state index in [2.05, 4.69) is 13.0 Å². The second-order valence-corrected chi connectivity index (χ2v) is 8.37. The molecular weight excluding hydrogens is 352 g/mol. The highest BCUT2D eigenvalue weighted by atomic mass is 16.4. The van der Waals surface area contributed by atoms with E-state index in [1.807, 2.05) is 18.2 Å². The van der Waals surface area contributed by atoms with Crippen LogP contribution in [0.3, 0.4) is 0 Å². The van der Waals surface area contributed by atoms with Crippen LogP contribution in [0.25, 0.3) is 0 Å². The zero-order valence-corrected chi connectivity index (χ0v) is 16.6. The van der Waals surface area contributed by atoms with Crippen LogP contribution in [-0.4, -0.2) is 33.5 Å². The Morgan fingerprint density at radius 1 is 1.32 bits per heavy atom. The van der Waals surface area contributed by atoms with Crippen LogP contribution in [0.2, 0.25) is 0 Å². The number of benzene rings is 1. The lowest BCUT2D eigenvalue weighted by Crippen LogP contribution is -2.18. The average molecular weight is 385 g/mol. The number of hydrogen-bond donors (Lipinski definition) is 3. The van der Waals surface area contributed by atoms with Gasteiger partial charge < -0.3 is 15.3 Å². The normalized spacial score (nSPS) is 27.8. The predicted molar refractivity (Wildman–Crippen MR) is 110 cm³/mol. The molecule has 1 aromatic rings. The molecule has 1 fully saturated rings.